The molecule has 0 spiro atoms. The van der Waals surface area contributed by atoms with Gasteiger partial charge in [0.2, 0.25) is 0 Å². The fraction of sp³-hybridized carbons (Fsp3) is 0.700. The van der Waals surface area contributed by atoms with Gasteiger partial charge >= 0.3 is 0 Å². The monoisotopic (exact) mass is 179 g/mol. The minimum absolute atomic E-state index is 0.674. The Labute approximate surface area is 78.9 Å². The quantitative estimate of drug-likeness (QED) is 0.719. The van der Waals surface area contributed by atoms with Gasteiger partial charge in [0.1, 0.15) is 0 Å². The number of hydrogen-bond donors (Lipinski definition) is 2. The van der Waals surface area contributed by atoms with Gasteiger partial charge in [-0.05, 0) is 39.2 Å². The molecule has 0 aliphatic heterocycles. The first-order valence-electron chi connectivity index (χ1n) is 5.01. The lowest BCUT2D eigenvalue weighted by atomic mass is 9.85. The summed E-state index contributed by atoms with van der Waals surface area (Å²) in [7, 11) is 2.02. The van der Waals surface area contributed by atoms with Crippen molar-refractivity contribution < 1.29 is 0 Å². The van der Waals surface area contributed by atoms with Crippen LogP contribution in [0.3, 0.4) is 0 Å². The van der Waals surface area contributed by atoms with E-state index in [1.807, 2.05) is 7.05 Å². The Hall–Kier alpha value is -0.830. The topological polar surface area (TPSA) is 40.7 Å². The molecule has 1 aromatic heterocycles. The fourth-order valence-electron chi connectivity index (χ4n) is 2.33. The third kappa shape index (κ3) is 1.48. The predicted molar refractivity (Wildman–Crippen MR) is 52.9 cm³/mol. The zero-order chi connectivity index (χ0) is 9.26. The molecule has 2 rings (SSSR count). The minimum Gasteiger partial charge on any atom is -0.319 e. The van der Waals surface area contributed by atoms with E-state index in [-0.39, 0.29) is 0 Å². The van der Waals surface area contributed by atoms with E-state index in [1.165, 1.54) is 29.8 Å². The molecule has 1 aromatic rings. The van der Waals surface area contributed by atoms with Crippen molar-refractivity contribution in [2.75, 3.05) is 13.6 Å². The van der Waals surface area contributed by atoms with Gasteiger partial charge < -0.3 is 5.32 Å². The minimum atomic E-state index is 0.674. The third-order valence-electron chi connectivity index (χ3n) is 2.90. The number of nitrogens with zero attached hydrogens (tertiary/aromatic N) is 1. The first-order chi connectivity index (χ1) is 6.33. The molecule has 1 unspecified atom stereocenters. The van der Waals surface area contributed by atoms with Crippen LogP contribution in [0.25, 0.3) is 0 Å². The highest BCUT2D eigenvalue weighted by molar-refractivity contribution is 5.31. The molecular formula is C10H17N3. The molecule has 1 aliphatic carbocycles. The van der Waals surface area contributed by atoms with Gasteiger partial charge in [-0.1, -0.05) is 0 Å². The molecule has 3 heteroatoms. The SMILES string of the molecule is CNCC1CCCc2n[nH]c(C)c21. The molecule has 1 heterocycles. The van der Waals surface area contributed by atoms with Crippen LogP contribution in [0.4, 0.5) is 0 Å². The summed E-state index contributed by atoms with van der Waals surface area (Å²) in [6, 6.07) is 0. The first kappa shape index (κ1) is 8.75. The number of aromatic nitrogens is 2. The van der Waals surface area contributed by atoms with Gasteiger partial charge in [-0.3, -0.25) is 5.10 Å². The van der Waals surface area contributed by atoms with E-state index in [1.54, 1.807) is 0 Å². The molecule has 0 fully saturated rings. The van der Waals surface area contributed by atoms with Crippen LogP contribution in [0.5, 0.6) is 0 Å². The van der Waals surface area contributed by atoms with Crippen LogP contribution in [-0.2, 0) is 6.42 Å². The maximum absolute atomic E-state index is 4.34. The molecule has 0 bridgehead atoms. The Kier molecular flexibility index (Phi) is 2.36. The second-order valence-electron chi connectivity index (χ2n) is 3.86. The smallest absolute Gasteiger partial charge is 0.0660 e. The molecule has 72 valence electrons. The zero-order valence-electron chi connectivity index (χ0n) is 8.35. The van der Waals surface area contributed by atoms with Gasteiger partial charge in [-0.2, -0.15) is 5.10 Å². The number of H-pyrrole nitrogens is 1. The van der Waals surface area contributed by atoms with Crippen LogP contribution in [-0.4, -0.2) is 23.8 Å². The van der Waals surface area contributed by atoms with Crippen LogP contribution in [0, 0.1) is 6.92 Å². The average Bonchev–Trinajstić information content (AvgIpc) is 2.50. The van der Waals surface area contributed by atoms with Crippen molar-refractivity contribution in [2.45, 2.75) is 32.1 Å². The van der Waals surface area contributed by atoms with E-state index >= 15 is 0 Å². The summed E-state index contributed by atoms with van der Waals surface area (Å²) < 4.78 is 0. The highest BCUT2D eigenvalue weighted by Crippen LogP contribution is 2.31. The maximum Gasteiger partial charge on any atom is 0.0660 e. The van der Waals surface area contributed by atoms with Crippen LogP contribution < -0.4 is 5.32 Å². The number of aromatic amines is 1. The molecular weight excluding hydrogens is 162 g/mol. The Morgan fingerprint density at radius 2 is 2.46 bits per heavy atom. The van der Waals surface area contributed by atoms with E-state index < -0.39 is 0 Å². The Morgan fingerprint density at radius 1 is 1.62 bits per heavy atom. The molecule has 0 amide bonds. The second kappa shape index (κ2) is 3.50. The fourth-order valence-corrected chi connectivity index (χ4v) is 2.33. The van der Waals surface area contributed by atoms with Gasteiger partial charge in [0.15, 0.2) is 0 Å². The predicted octanol–water partition coefficient (Wildman–Crippen LogP) is 1.36. The van der Waals surface area contributed by atoms with E-state index in [2.05, 4.69) is 22.4 Å². The van der Waals surface area contributed by atoms with Crippen molar-refractivity contribution in [3.05, 3.63) is 17.0 Å². The Balaban J connectivity index is 2.29. The normalized spacial score (nSPS) is 21.5. The molecule has 2 N–H and O–H groups in total. The van der Waals surface area contributed by atoms with Crippen molar-refractivity contribution >= 4 is 0 Å². The van der Waals surface area contributed by atoms with E-state index in [9.17, 15) is 0 Å². The maximum atomic E-state index is 4.34. The largest absolute Gasteiger partial charge is 0.319 e. The van der Waals surface area contributed by atoms with Gasteiger partial charge in [0.25, 0.3) is 0 Å². The lowest BCUT2D eigenvalue weighted by molar-refractivity contribution is 0.524. The summed E-state index contributed by atoms with van der Waals surface area (Å²) in [5.41, 5.74) is 4.03. The molecule has 0 saturated heterocycles. The Bertz CT molecular complexity index is 290. The van der Waals surface area contributed by atoms with Gasteiger partial charge in [0, 0.05) is 17.8 Å². The van der Waals surface area contributed by atoms with Crippen LogP contribution in [0.2, 0.25) is 0 Å². The highest BCUT2D eigenvalue weighted by Gasteiger charge is 2.23. The first-order valence-corrected chi connectivity index (χ1v) is 5.01. The number of rotatable bonds is 2. The molecule has 0 saturated carbocycles. The van der Waals surface area contributed by atoms with Gasteiger partial charge in [-0.25, -0.2) is 0 Å². The van der Waals surface area contributed by atoms with Crippen molar-refractivity contribution in [2.24, 2.45) is 0 Å². The summed E-state index contributed by atoms with van der Waals surface area (Å²) in [6.07, 6.45) is 3.73. The lowest BCUT2D eigenvalue weighted by Crippen LogP contribution is -2.21. The molecule has 1 atom stereocenters. The summed E-state index contributed by atoms with van der Waals surface area (Å²) in [5.74, 6) is 0.674. The third-order valence-corrected chi connectivity index (χ3v) is 2.90. The van der Waals surface area contributed by atoms with E-state index in [0.29, 0.717) is 5.92 Å². The summed E-state index contributed by atoms with van der Waals surface area (Å²) in [6.45, 7) is 3.20. The lowest BCUT2D eigenvalue weighted by Gasteiger charge is -2.21. The van der Waals surface area contributed by atoms with E-state index in [4.69, 9.17) is 0 Å². The van der Waals surface area contributed by atoms with Crippen molar-refractivity contribution in [1.29, 1.82) is 0 Å². The molecule has 1 aliphatic rings. The Morgan fingerprint density at radius 3 is 3.23 bits per heavy atom. The molecule has 3 nitrogen and oxygen atoms in total. The molecule has 0 radical (unpaired) electrons. The zero-order valence-corrected chi connectivity index (χ0v) is 8.35. The number of fused-ring (bicyclic) bond motifs is 1. The standard InChI is InChI=1S/C10H17N3/c1-7-10-8(6-11-2)4-3-5-9(10)13-12-7/h8,11H,3-6H2,1-2H3,(H,12,13). The molecule has 0 aromatic carbocycles. The second-order valence-corrected chi connectivity index (χ2v) is 3.86. The van der Waals surface area contributed by atoms with Gasteiger partial charge in [0.05, 0.1) is 5.69 Å². The van der Waals surface area contributed by atoms with Crippen LogP contribution in [0.1, 0.15) is 35.7 Å². The highest BCUT2D eigenvalue weighted by atomic mass is 15.1. The number of nitrogens with one attached hydrogen (secondary N) is 2. The van der Waals surface area contributed by atoms with Crippen molar-refractivity contribution in [1.82, 2.24) is 15.5 Å². The van der Waals surface area contributed by atoms with Gasteiger partial charge in [-0.15, -0.1) is 0 Å². The average molecular weight is 179 g/mol. The van der Waals surface area contributed by atoms with Crippen molar-refractivity contribution in [3.63, 3.8) is 0 Å². The summed E-state index contributed by atoms with van der Waals surface area (Å²) in [5, 5.41) is 10.7. The number of aryl methyl sites for hydroxylation is 2. The molecule has 13 heavy (non-hydrogen) atoms. The van der Waals surface area contributed by atoms with E-state index in [0.717, 1.165) is 13.0 Å². The van der Waals surface area contributed by atoms with Crippen LogP contribution >= 0.6 is 0 Å². The van der Waals surface area contributed by atoms with Crippen LogP contribution in [0.15, 0.2) is 0 Å². The number of likely N-dealkylation sites (N-methyl/N-ethyl adjacent to an activating group) is 1. The summed E-state index contributed by atoms with van der Waals surface area (Å²) >= 11 is 0. The van der Waals surface area contributed by atoms with Crippen molar-refractivity contribution in [3.8, 4) is 0 Å². The number of hydrogen-bond acceptors (Lipinski definition) is 2. The summed E-state index contributed by atoms with van der Waals surface area (Å²) in [4.78, 5) is 0.